The van der Waals surface area contributed by atoms with E-state index in [9.17, 15) is 4.79 Å². The molecule has 1 amide bonds. The third-order valence-electron chi connectivity index (χ3n) is 3.30. The number of halogens is 1. The number of allylic oxidation sites excluding steroid dienone is 1. The molecule has 3 aromatic rings. The van der Waals surface area contributed by atoms with E-state index in [1.165, 1.54) is 6.20 Å². The van der Waals surface area contributed by atoms with Gasteiger partial charge in [-0.1, -0.05) is 23.7 Å². The van der Waals surface area contributed by atoms with E-state index in [0.29, 0.717) is 22.0 Å². The minimum Gasteiger partial charge on any atom is -0.360 e. The second-order valence-corrected chi connectivity index (χ2v) is 5.53. The van der Waals surface area contributed by atoms with Crippen LogP contribution in [0.5, 0.6) is 0 Å². The molecule has 0 atom stereocenters. The molecule has 0 fully saturated rings. The van der Waals surface area contributed by atoms with Crippen LogP contribution in [0.1, 0.15) is 16.2 Å². The van der Waals surface area contributed by atoms with Crippen LogP contribution in [-0.2, 0) is 0 Å². The zero-order chi connectivity index (χ0) is 18.4. The maximum Gasteiger partial charge on any atom is 0.255 e. The summed E-state index contributed by atoms with van der Waals surface area (Å²) in [4.78, 5) is 12.4. The summed E-state index contributed by atoms with van der Waals surface area (Å²) in [6.07, 6.45) is 1.44. The number of carbonyl (C=O) groups is 1. The fraction of sp³-hybridized carbons (Fsp3) is 0. The Morgan fingerprint density at radius 2 is 2.00 bits per heavy atom. The summed E-state index contributed by atoms with van der Waals surface area (Å²) in [5.74, 6) is -0.103. The maximum absolute atomic E-state index is 12.4. The first-order valence-electron chi connectivity index (χ1n) is 7.43. The summed E-state index contributed by atoms with van der Waals surface area (Å²) >= 11 is 5.92. The molecule has 8 nitrogen and oxygen atoms in total. The number of amides is 1. The Hall–Kier alpha value is -3.70. The quantitative estimate of drug-likeness (QED) is 0.598. The van der Waals surface area contributed by atoms with Crippen LogP contribution in [0.4, 0.5) is 11.4 Å². The highest BCUT2D eigenvalue weighted by molar-refractivity contribution is 6.31. The van der Waals surface area contributed by atoms with Crippen molar-refractivity contribution in [3.8, 4) is 6.07 Å². The summed E-state index contributed by atoms with van der Waals surface area (Å²) in [5, 5.41) is 28.6. The third-order valence-corrected chi connectivity index (χ3v) is 3.53. The number of hydrogen-bond donors (Lipinski definition) is 3. The number of nitrogens with one attached hydrogen (secondary N) is 3. The van der Waals surface area contributed by atoms with Crippen molar-refractivity contribution >= 4 is 34.5 Å². The number of benzene rings is 2. The van der Waals surface area contributed by atoms with Crippen molar-refractivity contribution in [2.24, 2.45) is 0 Å². The van der Waals surface area contributed by atoms with E-state index in [1.807, 2.05) is 6.07 Å². The molecule has 1 heterocycles. The first-order valence-corrected chi connectivity index (χ1v) is 7.81. The van der Waals surface area contributed by atoms with Crippen LogP contribution in [-0.4, -0.2) is 26.5 Å². The summed E-state index contributed by atoms with van der Waals surface area (Å²) in [6.45, 7) is 0. The molecule has 3 N–H and O–H groups in total. The molecule has 0 spiro atoms. The van der Waals surface area contributed by atoms with Gasteiger partial charge in [-0.15, -0.1) is 10.2 Å². The molecule has 3 rings (SSSR count). The zero-order valence-electron chi connectivity index (χ0n) is 13.3. The Morgan fingerprint density at radius 3 is 2.73 bits per heavy atom. The van der Waals surface area contributed by atoms with E-state index in [0.717, 1.165) is 0 Å². The molecule has 0 bridgehead atoms. The lowest BCUT2D eigenvalue weighted by molar-refractivity contribution is 0.102. The number of nitrogens with zero attached hydrogens (tertiary/aromatic N) is 4. The van der Waals surface area contributed by atoms with Crippen molar-refractivity contribution < 1.29 is 4.79 Å². The van der Waals surface area contributed by atoms with Gasteiger partial charge in [0.25, 0.3) is 5.91 Å². The lowest BCUT2D eigenvalue weighted by Crippen LogP contribution is -2.12. The fourth-order valence-electron chi connectivity index (χ4n) is 2.10. The van der Waals surface area contributed by atoms with Gasteiger partial charge in [0.1, 0.15) is 11.6 Å². The molecule has 1 aromatic heterocycles. The van der Waals surface area contributed by atoms with Crippen LogP contribution in [0.2, 0.25) is 5.02 Å². The van der Waals surface area contributed by atoms with Crippen molar-refractivity contribution in [2.45, 2.75) is 0 Å². The third kappa shape index (κ3) is 4.23. The van der Waals surface area contributed by atoms with Crippen molar-refractivity contribution in [1.82, 2.24) is 20.6 Å². The number of aromatic amines is 1. The predicted molar refractivity (Wildman–Crippen MR) is 97.2 cm³/mol. The van der Waals surface area contributed by atoms with Gasteiger partial charge in [0.2, 0.25) is 5.82 Å². The van der Waals surface area contributed by atoms with Crippen molar-refractivity contribution in [3.63, 3.8) is 0 Å². The maximum atomic E-state index is 12.4. The number of tetrazole rings is 1. The van der Waals surface area contributed by atoms with Crippen LogP contribution >= 0.6 is 11.6 Å². The van der Waals surface area contributed by atoms with Crippen molar-refractivity contribution in [3.05, 3.63) is 71.1 Å². The number of hydrogen-bond acceptors (Lipinski definition) is 6. The van der Waals surface area contributed by atoms with E-state index in [2.05, 4.69) is 31.3 Å². The Labute approximate surface area is 153 Å². The Kier molecular flexibility index (Phi) is 5.22. The number of carbonyl (C=O) groups excluding carboxylic acids is 1. The number of H-pyrrole nitrogens is 1. The molecule has 2 aromatic carbocycles. The Bertz CT molecular complexity index is 992. The molecule has 0 aliphatic carbocycles. The largest absolute Gasteiger partial charge is 0.360 e. The van der Waals surface area contributed by atoms with E-state index in [1.54, 1.807) is 48.5 Å². The lowest BCUT2D eigenvalue weighted by atomic mass is 10.1. The minimum absolute atomic E-state index is 0.176. The number of anilines is 2. The second kappa shape index (κ2) is 7.92. The van der Waals surface area contributed by atoms with Crippen LogP contribution in [0.15, 0.2) is 54.7 Å². The lowest BCUT2D eigenvalue weighted by Gasteiger charge is -2.07. The number of aromatic nitrogens is 4. The van der Waals surface area contributed by atoms with Gasteiger partial charge in [-0.05, 0) is 41.6 Å². The van der Waals surface area contributed by atoms with E-state index in [-0.39, 0.29) is 17.3 Å². The molecule has 128 valence electrons. The smallest absolute Gasteiger partial charge is 0.255 e. The van der Waals surface area contributed by atoms with E-state index >= 15 is 0 Å². The van der Waals surface area contributed by atoms with E-state index < -0.39 is 0 Å². The molecule has 0 aliphatic heterocycles. The highest BCUT2D eigenvalue weighted by Crippen LogP contribution is 2.17. The zero-order valence-corrected chi connectivity index (χ0v) is 14.0. The van der Waals surface area contributed by atoms with Gasteiger partial charge in [0.05, 0.1) is 0 Å². The molecule has 26 heavy (non-hydrogen) atoms. The summed E-state index contributed by atoms with van der Waals surface area (Å²) in [6, 6.07) is 15.7. The molecular formula is C17H12ClN7O. The van der Waals surface area contributed by atoms with Gasteiger partial charge < -0.3 is 10.6 Å². The Morgan fingerprint density at radius 1 is 1.19 bits per heavy atom. The first-order chi connectivity index (χ1) is 12.7. The molecule has 9 heteroatoms. The van der Waals surface area contributed by atoms with Crippen LogP contribution in [0, 0.1) is 11.3 Å². The summed E-state index contributed by atoms with van der Waals surface area (Å²) in [5.41, 5.74) is 1.87. The van der Waals surface area contributed by atoms with Crippen molar-refractivity contribution in [1.29, 1.82) is 5.26 Å². The normalized spacial score (nSPS) is 10.8. The fourth-order valence-corrected chi connectivity index (χ4v) is 2.29. The standard InChI is InChI=1S/C17H12ClN7O/c18-13-4-2-6-15(8-13)21-17(26)11-3-1-5-14(7-11)20-10-12(9-19)16-22-24-25-23-16/h1-8,10,20H,(H,21,26)(H,22,23,24,25). The Balaban J connectivity index is 1.74. The van der Waals surface area contributed by atoms with Crippen LogP contribution in [0.25, 0.3) is 5.57 Å². The van der Waals surface area contributed by atoms with Crippen LogP contribution < -0.4 is 10.6 Å². The SMILES string of the molecule is N#CC(=CNc1cccc(C(=O)Nc2cccc(Cl)c2)c1)c1nn[nH]n1. The number of nitriles is 1. The molecule has 0 unspecified atom stereocenters. The van der Waals surface area contributed by atoms with Gasteiger partial charge in [-0.2, -0.15) is 10.5 Å². The average molecular weight is 366 g/mol. The molecule has 0 aliphatic rings. The van der Waals surface area contributed by atoms with Gasteiger partial charge in [-0.3, -0.25) is 4.79 Å². The molecule has 0 saturated carbocycles. The van der Waals surface area contributed by atoms with Crippen molar-refractivity contribution in [2.75, 3.05) is 10.6 Å². The monoisotopic (exact) mass is 365 g/mol. The van der Waals surface area contributed by atoms with Gasteiger partial charge in [-0.25, -0.2) is 0 Å². The highest BCUT2D eigenvalue weighted by atomic mass is 35.5. The number of rotatable bonds is 5. The molecular weight excluding hydrogens is 354 g/mol. The second-order valence-electron chi connectivity index (χ2n) is 5.09. The van der Waals surface area contributed by atoms with Gasteiger partial charge >= 0.3 is 0 Å². The minimum atomic E-state index is -0.279. The van der Waals surface area contributed by atoms with Gasteiger partial charge in [0.15, 0.2) is 0 Å². The van der Waals surface area contributed by atoms with E-state index in [4.69, 9.17) is 16.9 Å². The molecule has 0 saturated heterocycles. The summed E-state index contributed by atoms with van der Waals surface area (Å²) in [7, 11) is 0. The predicted octanol–water partition coefficient (Wildman–Crippen LogP) is 3.08. The average Bonchev–Trinajstić information content (AvgIpc) is 3.17. The summed E-state index contributed by atoms with van der Waals surface area (Å²) < 4.78 is 0. The molecule has 0 radical (unpaired) electrons. The van der Waals surface area contributed by atoms with Gasteiger partial charge in [0, 0.05) is 28.2 Å². The first kappa shape index (κ1) is 17.1. The highest BCUT2D eigenvalue weighted by Gasteiger charge is 2.08. The van der Waals surface area contributed by atoms with Crippen LogP contribution in [0.3, 0.4) is 0 Å². The topological polar surface area (TPSA) is 119 Å².